The average molecular weight is 559 g/mol. The van der Waals surface area contributed by atoms with Gasteiger partial charge in [-0.1, -0.05) is 61.7 Å². The molecule has 212 valence electrons. The highest BCUT2D eigenvalue weighted by atomic mass is 19.4. The summed E-state index contributed by atoms with van der Waals surface area (Å²) in [7, 11) is 0. The van der Waals surface area contributed by atoms with E-state index in [0.717, 1.165) is 40.1 Å². The molecule has 0 unspecified atom stereocenters. The molecule has 2 N–H and O–H groups in total. The maximum atomic E-state index is 13.2. The molecule has 1 aromatic heterocycles. The third-order valence-corrected chi connectivity index (χ3v) is 7.37. The van der Waals surface area contributed by atoms with E-state index in [-0.39, 0.29) is 12.2 Å². The van der Waals surface area contributed by atoms with Crippen molar-refractivity contribution in [3.8, 4) is 11.1 Å². The largest absolute Gasteiger partial charge is 0.416 e. The summed E-state index contributed by atoms with van der Waals surface area (Å²) < 4.78 is 38.8. The fraction of sp³-hybridized carbons (Fsp3) is 0.273. The normalized spacial score (nSPS) is 13.9. The van der Waals surface area contributed by atoms with Crippen molar-refractivity contribution in [2.45, 2.75) is 57.4 Å². The highest BCUT2D eigenvalue weighted by Crippen LogP contribution is 2.30. The topological polar surface area (TPSA) is 57.3 Å². The van der Waals surface area contributed by atoms with E-state index in [2.05, 4.69) is 39.9 Å². The SMILES string of the molecule is O=C(Nc1ccc(C(F)(F)F)cc1)N(Cc1ccc(-c2ccc(NC3CCCCC3)cc2)cc1)Cc1cccnc1. The number of anilines is 2. The molecule has 8 heteroatoms. The van der Waals surface area contributed by atoms with Gasteiger partial charge in [0.05, 0.1) is 5.56 Å². The van der Waals surface area contributed by atoms with Crippen LogP contribution in [0.4, 0.5) is 29.3 Å². The molecule has 41 heavy (non-hydrogen) atoms. The zero-order valence-electron chi connectivity index (χ0n) is 22.7. The lowest BCUT2D eigenvalue weighted by Gasteiger charge is -2.24. The fourth-order valence-electron chi connectivity index (χ4n) is 5.12. The molecule has 1 saturated carbocycles. The molecular formula is C33H33F3N4O. The second kappa shape index (κ2) is 12.9. The number of aromatic nitrogens is 1. The van der Waals surface area contributed by atoms with Crippen LogP contribution in [0.1, 0.15) is 48.8 Å². The van der Waals surface area contributed by atoms with Crippen molar-refractivity contribution in [3.63, 3.8) is 0 Å². The van der Waals surface area contributed by atoms with E-state index in [1.807, 2.05) is 30.3 Å². The van der Waals surface area contributed by atoms with E-state index >= 15 is 0 Å². The summed E-state index contributed by atoms with van der Waals surface area (Å²) >= 11 is 0. The zero-order valence-corrected chi connectivity index (χ0v) is 22.7. The van der Waals surface area contributed by atoms with Gasteiger partial charge in [-0.3, -0.25) is 4.98 Å². The van der Waals surface area contributed by atoms with E-state index in [0.29, 0.717) is 12.6 Å². The molecule has 0 spiro atoms. The Morgan fingerprint density at radius 2 is 1.39 bits per heavy atom. The third-order valence-electron chi connectivity index (χ3n) is 7.37. The van der Waals surface area contributed by atoms with E-state index in [1.54, 1.807) is 23.4 Å². The van der Waals surface area contributed by atoms with Crippen molar-refractivity contribution in [2.24, 2.45) is 0 Å². The van der Waals surface area contributed by atoms with Crippen LogP contribution in [0.25, 0.3) is 11.1 Å². The minimum Gasteiger partial charge on any atom is -0.382 e. The van der Waals surface area contributed by atoms with Gasteiger partial charge in [-0.2, -0.15) is 13.2 Å². The summed E-state index contributed by atoms with van der Waals surface area (Å²) in [6.07, 6.45) is 5.28. The number of pyridine rings is 1. The first-order valence-corrected chi connectivity index (χ1v) is 13.9. The van der Waals surface area contributed by atoms with Crippen LogP contribution in [0.15, 0.2) is 97.3 Å². The molecular weight excluding hydrogens is 525 g/mol. The van der Waals surface area contributed by atoms with Crippen LogP contribution in [0.2, 0.25) is 0 Å². The Hall–Kier alpha value is -4.33. The Morgan fingerprint density at radius 1 is 0.780 bits per heavy atom. The Morgan fingerprint density at radius 3 is 2.00 bits per heavy atom. The van der Waals surface area contributed by atoms with Crippen molar-refractivity contribution >= 4 is 17.4 Å². The van der Waals surface area contributed by atoms with Crippen molar-refractivity contribution in [3.05, 3.63) is 114 Å². The lowest BCUT2D eigenvalue weighted by atomic mass is 9.95. The number of hydrogen-bond donors (Lipinski definition) is 2. The summed E-state index contributed by atoms with van der Waals surface area (Å²) in [5.74, 6) is 0. The summed E-state index contributed by atoms with van der Waals surface area (Å²) in [5, 5.41) is 6.38. The van der Waals surface area contributed by atoms with Gasteiger partial charge in [-0.15, -0.1) is 0 Å². The molecule has 1 aliphatic carbocycles. The number of rotatable bonds is 8. The number of benzene rings is 3. The van der Waals surface area contributed by atoms with Gasteiger partial charge >= 0.3 is 12.2 Å². The Kier molecular flexibility index (Phi) is 8.87. The Bertz CT molecular complexity index is 1400. The van der Waals surface area contributed by atoms with Gasteiger partial charge in [-0.25, -0.2) is 4.79 Å². The fourth-order valence-corrected chi connectivity index (χ4v) is 5.12. The van der Waals surface area contributed by atoms with Crippen molar-refractivity contribution < 1.29 is 18.0 Å². The van der Waals surface area contributed by atoms with E-state index < -0.39 is 17.8 Å². The van der Waals surface area contributed by atoms with E-state index in [1.165, 1.54) is 44.2 Å². The lowest BCUT2D eigenvalue weighted by Crippen LogP contribution is -2.34. The van der Waals surface area contributed by atoms with Gasteiger partial charge in [-0.05, 0) is 77.6 Å². The zero-order chi connectivity index (χ0) is 28.7. The Labute approximate surface area is 238 Å². The quantitative estimate of drug-likeness (QED) is 0.227. The number of halogens is 3. The average Bonchev–Trinajstić information content (AvgIpc) is 2.98. The Balaban J connectivity index is 1.26. The van der Waals surface area contributed by atoms with Gasteiger partial charge in [0.1, 0.15) is 0 Å². The number of hydrogen-bond acceptors (Lipinski definition) is 3. The van der Waals surface area contributed by atoms with E-state index in [4.69, 9.17) is 0 Å². The minimum atomic E-state index is -4.44. The van der Waals surface area contributed by atoms with Crippen LogP contribution in [0.3, 0.4) is 0 Å². The third kappa shape index (κ3) is 7.87. The van der Waals surface area contributed by atoms with Crippen LogP contribution in [0, 0.1) is 0 Å². The number of nitrogens with zero attached hydrogens (tertiary/aromatic N) is 2. The van der Waals surface area contributed by atoms with Crippen molar-refractivity contribution in [2.75, 3.05) is 10.6 Å². The smallest absolute Gasteiger partial charge is 0.382 e. The van der Waals surface area contributed by atoms with E-state index in [9.17, 15) is 18.0 Å². The molecule has 1 heterocycles. The first-order valence-electron chi connectivity index (χ1n) is 13.9. The van der Waals surface area contributed by atoms with Gasteiger partial charge < -0.3 is 15.5 Å². The first-order chi connectivity index (χ1) is 19.8. The monoisotopic (exact) mass is 558 g/mol. The first kappa shape index (κ1) is 28.2. The van der Waals surface area contributed by atoms with Crippen LogP contribution >= 0.6 is 0 Å². The molecule has 5 nitrogen and oxygen atoms in total. The number of amides is 2. The maximum Gasteiger partial charge on any atom is 0.416 e. The molecule has 3 aromatic carbocycles. The number of carbonyl (C=O) groups is 1. The number of nitrogens with one attached hydrogen (secondary N) is 2. The molecule has 0 bridgehead atoms. The molecule has 2 amide bonds. The highest BCUT2D eigenvalue weighted by molar-refractivity contribution is 5.89. The number of urea groups is 1. The number of carbonyl (C=O) groups excluding carboxylic acids is 1. The van der Waals surface area contributed by atoms with Crippen LogP contribution < -0.4 is 10.6 Å². The summed E-state index contributed by atoms with van der Waals surface area (Å²) in [6, 6.07) is 24.8. The molecule has 0 aliphatic heterocycles. The second-order valence-electron chi connectivity index (χ2n) is 10.5. The van der Waals surface area contributed by atoms with Gasteiger partial charge in [0, 0.05) is 42.9 Å². The van der Waals surface area contributed by atoms with Gasteiger partial charge in [0.25, 0.3) is 0 Å². The lowest BCUT2D eigenvalue weighted by molar-refractivity contribution is -0.137. The van der Waals surface area contributed by atoms with Crippen LogP contribution in [-0.2, 0) is 19.3 Å². The molecule has 0 atom stereocenters. The maximum absolute atomic E-state index is 13.2. The summed E-state index contributed by atoms with van der Waals surface area (Å²) in [5.41, 5.74) is 4.62. The second-order valence-corrected chi connectivity index (χ2v) is 10.5. The highest BCUT2D eigenvalue weighted by Gasteiger charge is 2.30. The molecule has 0 saturated heterocycles. The molecule has 4 aromatic rings. The minimum absolute atomic E-state index is 0.288. The van der Waals surface area contributed by atoms with Crippen LogP contribution in [-0.4, -0.2) is 22.0 Å². The van der Waals surface area contributed by atoms with Gasteiger partial charge in [0.2, 0.25) is 0 Å². The molecule has 1 aliphatic rings. The molecule has 1 fully saturated rings. The van der Waals surface area contributed by atoms with Gasteiger partial charge in [0.15, 0.2) is 0 Å². The summed E-state index contributed by atoms with van der Waals surface area (Å²) in [6.45, 7) is 0.601. The van der Waals surface area contributed by atoms with Crippen molar-refractivity contribution in [1.29, 1.82) is 0 Å². The standard InChI is InChI=1S/C33H33F3N4O/c34-33(35,36)28-14-18-31(19-15-28)39-32(41)40(23-25-5-4-20-37-21-25)22-24-8-10-26(11-9-24)27-12-16-30(17-13-27)38-29-6-2-1-3-7-29/h4-5,8-21,29,38H,1-3,6-7,22-23H2,(H,39,41). The predicted molar refractivity (Wildman–Crippen MR) is 156 cm³/mol. The summed E-state index contributed by atoms with van der Waals surface area (Å²) in [4.78, 5) is 19.0. The van der Waals surface area contributed by atoms with Crippen molar-refractivity contribution in [1.82, 2.24) is 9.88 Å². The predicted octanol–water partition coefficient (Wildman–Crippen LogP) is 8.75. The van der Waals surface area contributed by atoms with Crippen LogP contribution in [0.5, 0.6) is 0 Å². The molecule has 5 rings (SSSR count). The molecule has 0 radical (unpaired) electrons. The number of alkyl halides is 3.